The lowest BCUT2D eigenvalue weighted by Crippen LogP contribution is -3.19. The third-order valence-electron chi connectivity index (χ3n) is 6.25. The molecular formula is C24H23FN3O2+. The highest BCUT2D eigenvalue weighted by molar-refractivity contribution is 6.24. The van der Waals surface area contributed by atoms with Crippen LogP contribution in [0.4, 0.5) is 15.8 Å². The van der Waals surface area contributed by atoms with E-state index in [4.69, 9.17) is 0 Å². The molecule has 2 aliphatic heterocycles. The second-order valence-electron chi connectivity index (χ2n) is 7.92. The Morgan fingerprint density at radius 2 is 1.50 bits per heavy atom. The van der Waals surface area contributed by atoms with E-state index in [0.717, 1.165) is 15.7 Å². The maximum Gasteiger partial charge on any atom is 0.292 e. The third kappa shape index (κ3) is 3.13. The van der Waals surface area contributed by atoms with Gasteiger partial charge in [0.2, 0.25) is 5.91 Å². The van der Waals surface area contributed by atoms with E-state index in [1.807, 2.05) is 53.4 Å². The van der Waals surface area contributed by atoms with Gasteiger partial charge in [-0.15, -0.1) is 0 Å². The van der Waals surface area contributed by atoms with Crippen LogP contribution in [0.15, 0.2) is 66.7 Å². The summed E-state index contributed by atoms with van der Waals surface area (Å²) in [5, 5.41) is 1.91. The first-order valence-corrected chi connectivity index (χ1v) is 10.3. The highest BCUT2D eigenvalue weighted by Gasteiger charge is 2.46. The summed E-state index contributed by atoms with van der Waals surface area (Å²) in [7, 11) is 0. The lowest BCUT2D eigenvalue weighted by molar-refractivity contribution is -0.915. The predicted molar refractivity (Wildman–Crippen MR) is 114 cm³/mol. The summed E-state index contributed by atoms with van der Waals surface area (Å²) in [6, 6.07) is 19.9. The van der Waals surface area contributed by atoms with Crippen LogP contribution in [0.1, 0.15) is 6.42 Å². The van der Waals surface area contributed by atoms with Crippen molar-refractivity contribution in [1.29, 1.82) is 0 Å². The molecule has 0 saturated carbocycles. The summed E-state index contributed by atoms with van der Waals surface area (Å²) in [5.41, 5.74) is 1.26. The predicted octanol–water partition coefficient (Wildman–Crippen LogP) is 2.02. The number of hydrogen-bond donors (Lipinski definition) is 1. The van der Waals surface area contributed by atoms with Gasteiger partial charge < -0.3 is 9.80 Å². The average Bonchev–Trinajstić information content (AvgIpc) is 3.07. The zero-order valence-corrected chi connectivity index (χ0v) is 16.6. The molecule has 0 radical (unpaired) electrons. The Bertz CT molecular complexity index is 1120. The van der Waals surface area contributed by atoms with Gasteiger partial charge in [-0.3, -0.25) is 9.59 Å². The van der Waals surface area contributed by atoms with Gasteiger partial charge in [0, 0.05) is 5.39 Å². The maximum atomic E-state index is 14.1. The number of halogens is 1. The molecule has 2 saturated heterocycles. The Balaban J connectivity index is 1.35. The van der Waals surface area contributed by atoms with Crippen molar-refractivity contribution in [3.63, 3.8) is 0 Å². The van der Waals surface area contributed by atoms with Gasteiger partial charge in [-0.25, -0.2) is 9.29 Å². The molecule has 0 unspecified atom stereocenters. The van der Waals surface area contributed by atoms with E-state index in [2.05, 4.69) is 0 Å². The number of rotatable bonds is 3. The van der Waals surface area contributed by atoms with Gasteiger partial charge in [0.05, 0.1) is 44.0 Å². The Kier molecular flexibility index (Phi) is 4.71. The minimum Gasteiger partial charge on any atom is -0.358 e. The monoisotopic (exact) mass is 404 g/mol. The molecule has 3 aromatic rings. The minimum absolute atomic E-state index is 0.134. The minimum atomic E-state index is -0.376. The molecule has 0 aromatic heterocycles. The van der Waals surface area contributed by atoms with E-state index >= 15 is 0 Å². The third-order valence-corrected chi connectivity index (χ3v) is 6.25. The van der Waals surface area contributed by atoms with E-state index < -0.39 is 0 Å². The molecule has 2 aliphatic rings. The molecule has 5 nitrogen and oxygen atoms in total. The Morgan fingerprint density at radius 1 is 0.833 bits per heavy atom. The van der Waals surface area contributed by atoms with Gasteiger partial charge >= 0.3 is 0 Å². The molecule has 30 heavy (non-hydrogen) atoms. The van der Waals surface area contributed by atoms with Crippen molar-refractivity contribution in [3.05, 3.63) is 72.5 Å². The number of hydrogen-bond acceptors (Lipinski definition) is 3. The van der Waals surface area contributed by atoms with Crippen molar-refractivity contribution in [2.45, 2.75) is 12.5 Å². The van der Waals surface area contributed by atoms with Crippen LogP contribution in [0, 0.1) is 5.82 Å². The fourth-order valence-corrected chi connectivity index (χ4v) is 4.70. The fourth-order valence-electron chi connectivity index (χ4n) is 4.70. The number of carbonyl (C=O) groups excluding carboxylic acids is 2. The standard InChI is InChI=1S/C24H22FN3O2/c25-19-9-3-4-10-21(19)26-12-14-27(15-13-26)22-16-23(29)28(24(22)30)20-11-5-7-17-6-1-2-8-18(17)20/h1-11,22H,12-16H2/p+1/t22-/m1/s1. The molecule has 2 amide bonds. The van der Waals surface area contributed by atoms with Gasteiger partial charge in [0.15, 0.2) is 6.04 Å². The van der Waals surface area contributed by atoms with Crippen molar-refractivity contribution in [3.8, 4) is 0 Å². The smallest absolute Gasteiger partial charge is 0.292 e. The number of piperazine rings is 1. The van der Waals surface area contributed by atoms with E-state index in [1.54, 1.807) is 12.1 Å². The normalized spacial score (nSPS) is 20.4. The number of para-hydroxylation sites is 1. The van der Waals surface area contributed by atoms with Crippen molar-refractivity contribution < 1.29 is 18.9 Å². The van der Waals surface area contributed by atoms with Crippen LogP contribution in [0.3, 0.4) is 0 Å². The number of nitrogens with one attached hydrogen (secondary N) is 1. The molecule has 1 atom stereocenters. The summed E-state index contributed by atoms with van der Waals surface area (Å²) < 4.78 is 14.1. The second kappa shape index (κ2) is 7.54. The Labute approximate surface area is 174 Å². The van der Waals surface area contributed by atoms with Crippen LogP contribution in [0.25, 0.3) is 10.8 Å². The van der Waals surface area contributed by atoms with Gasteiger partial charge in [-0.05, 0) is 23.6 Å². The van der Waals surface area contributed by atoms with E-state index in [-0.39, 0.29) is 30.1 Å². The van der Waals surface area contributed by atoms with Crippen molar-refractivity contribution in [2.24, 2.45) is 0 Å². The molecule has 2 fully saturated rings. The van der Waals surface area contributed by atoms with E-state index in [9.17, 15) is 14.0 Å². The molecular weight excluding hydrogens is 381 g/mol. The number of fused-ring (bicyclic) bond motifs is 1. The zero-order chi connectivity index (χ0) is 20.7. The molecule has 0 bridgehead atoms. The lowest BCUT2D eigenvalue weighted by atomic mass is 10.1. The summed E-state index contributed by atoms with van der Waals surface area (Å²) in [5.74, 6) is -0.508. The summed E-state index contributed by atoms with van der Waals surface area (Å²) in [6.07, 6.45) is 0.219. The van der Waals surface area contributed by atoms with Crippen LogP contribution in [-0.4, -0.2) is 44.0 Å². The van der Waals surface area contributed by atoms with E-state index in [0.29, 0.717) is 37.6 Å². The Hall–Kier alpha value is -3.25. The Morgan fingerprint density at radius 3 is 2.30 bits per heavy atom. The topological polar surface area (TPSA) is 45.1 Å². The van der Waals surface area contributed by atoms with Crippen molar-refractivity contribution >= 4 is 34.0 Å². The number of amides is 2. The highest BCUT2D eigenvalue weighted by atomic mass is 19.1. The zero-order valence-electron chi connectivity index (χ0n) is 16.6. The first-order valence-electron chi connectivity index (χ1n) is 10.3. The van der Waals surface area contributed by atoms with Crippen molar-refractivity contribution in [1.82, 2.24) is 0 Å². The quantitative estimate of drug-likeness (QED) is 0.680. The van der Waals surface area contributed by atoms with E-state index in [1.165, 1.54) is 11.0 Å². The largest absolute Gasteiger partial charge is 0.358 e. The van der Waals surface area contributed by atoms with Gasteiger partial charge in [0.25, 0.3) is 5.91 Å². The van der Waals surface area contributed by atoms with Crippen molar-refractivity contribution in [2.75, 3.05) is 36.0 Å². The lowest BCUT2D eigenvalue weighted by Gasteiger charge is -2.35. The molecule has 2 heterocycles. The summed E-state index contributed by atoms with van der Waals surface area (Å²) >= 11 is 0. The SMILES string of the molecule is O=C1C[C@@H]([NH+]2CCN(c3ccccc3F)CC2)C(=O)N1c1cccc2ccccc12. The molecule has 152 valence electrons. The fraction of sp³-hybridized carbons (Fsp3) is 0.250. The number of benzene rings is 3. The van der Waals surface area contributed by atoms with Gasteiger partial charge in [-0.2, -0.15) is 0 Å². The molecule has 0 aliphatic carbocycles. The number of imide groups is 1. The summed E-state index contributed by atoms with van der Waals surface area (Å²) in [6.45, 7) is 2.70. The van der Waals surface area contributed by atoms with Crippen LogP contribution in [0.2, 0.25) is 0 Å². The van der Waals surface area contributed by atoms with Crippen LogP contribution in [0.5, 0.6) is 0 Å². The van der Waals surface area contributed by atoms with Gasteiger partial charge in [-0.1, -0.05) is 48.5 Å². The number of anilines is 2. The molecule has 5 rings (SSSR count). The summed E-state index contributed by atoms with van der Waals surface area (Å²) in [4.78, 5) is 30.6. The molecule has 6 heteroatoms. The van der Waals surface area contributed by atoms with Crippen LogP contribution >= 0.6 is 0 Å². The maximum absolute atomic E-state index is 14.1. The first kappa shape index (κ1) is 18.8. The molecule has 0 spiro atoms. The number of nitrogens with zero attached hydrogens (tertiary/aromatic N) is 2. The molecule has 1 N–H and O–H groups in total. The molecule has 3 aromatic carbocycles. The first-order chi connectivity index (χ1) is 14.6. The van der Waals surface area contributed by atoms with Gasteiger partial charge in [0.1, 0.15) is 5.82 Å². The highest BCUT2D eigenvalue weighted by Crippen LogP contribution is 2.30. The van der Waals surface area contributed by atoms with Crippen LogP contribution < -0.4 is 14.7 Å². The number of carbonyl (C=O) groups is 2. The van der Waals surface area contributed by atoms with Crippen LogP contribution in [-0.2, 0) is 9.59 Å². The number of quaternary nitrogens is 1. The second-order valence-corrected chi connectivity index (χ2v) is 7.92. The average molecular weight is 404 g/mol.